The number of nitrogens with zero attached hydrogens (tertiary/aromatic N) is 4. The third-order valence-corrected chi connectivity index (χ3v) is 6.16. The normalized spacial score (nSPS) is 15.4. The van der Waals surface area contributed by atoms with Gasteiger partial charge in [-0.25, -0.2) is 23.3 Å². The van der Waals surface area contributed by atoms with Gasteiger partial charge in [0.15, 0.2) is 23.4 Å². The zero-order valence-electron chi connectivity index (χ0n) is 22.0. The van der Waals surface area contributed by atoms with Crippen LogP contribution in [0.25, 0.3) is 5.65 Å². The van der Waals surface area contributed by atoms with Crippen LogP contribution in [0, 0.1) is 18.7 Å². The van der Waals surface area contributed by atoms with Crippen molar-refractivity contribution in [2.45, 2.75) is 78.0 Å². The number of Topliss-reactive ketones (excluding diaryl/α,β-unsaturated/α-hetero) is 1. The Hall–Kier alpha value is -3.76. The van der Waals surface area contributed by atoms with Gasteiger partial charge in [0.25, 0.3) is 0 Å². The van der Waals surface area contributed by atoms with Crippen LogP contribution in [0.2, 0.25) is 0 Å². The Labute approximate surface area is 220 Å². The van der Waals surface area contributed by atoms with Gasteiger partial charge in [0.1, 0.15) is 12.3 Å². The minimum Gasteiger partial charge on any atom is -0.481 e. The summed E-state index contributed by atoms with van der Waals surface area (Å²) in [6.07, 6.45) is 8.87. The highest BCUT2D eigenvalue weighted by molar-refractivity contribution is 5.80. The average molecular weight is 528 g/mol. The Kier molecular flexibility index (Phi) is 8.75. The van der Waals surface area contributed by atoms with Crippen LogP contribution in [-0.4, -0.2) is 49.6 Å². The fourth-order valence-electron chi connectivity index (χ4n) is 3.73. The maximum atomic E-state index is 13.7. The molecule has 0 radical (unpaired) electrons. The lowest BCUT2D eigenvalue weighted by molar-refractivity contribution is -0.124. The zero-order chi connectivity index (χ0) is 27.2. The molecule has 2 saturated carbocycles. The van der Waals surface area contributed by atoms with Crippen molar-refractivity contribution in [3.63, 3.8) is 0 Å². The summed E-state index contributed by atoms with van der Waals surface area (Å²) in [4.78, 5) is 39.2. The number of aryl methyl sites for hydroxylation is 1. The van der Waals surface area contributed by atoms with E-state index in [4.69, 9.17) is 9.47 Å². The molecule has 1 amide bonds. The van der Waals surface area contributed by atoms with E-state index in [1.807, 2.05) is 6.92 Å². The number of ketones is 1. The SMILES string of the molecule is CCC[C@@H](Oc1ccc(OCC2CC2)nc1)C(C)=O.Cc1cc(F)c2nn(CC(=O)NC3CC3)c(=O)n2c1. The second-order valence-electron chi connectivity index (χ2n) is 9.93. The number of aromatic nitrogens is 4. The van der Waals surface area contributed by atoms with Crippen LogP contribution in [0.5, 0.6) is 11.6 Å². The standard InChI is InChI=1S/C15H21NO3.C12H13FN4O2/c1-3-4-14(11(2)17)19-13-7-8-15(16-9-13)18-10-12-5-6-12;1-7-4-9(13)11-15-17(12(19)16(11)5-7)6-10(18)14-8-2-3-8/h7-9,12,14H,3-6,10H2,1-2H3;4-5,8H,2-3,6H2,1H3,(H,14,18)/t14-;/m1./s1. The van der Waals surface area contributed by atoms with Crippen molar-refractivity contribution in [1.29, 1.82) is 0 Å². The van der Waals surface area contributed by atoms with Crippen molar-refractivity contribution in [1.82, 2.24) is 24.5 Å². The zero-order valence-corrected chi connectivity index (χ0v) is 22.0. The predicted octanol–water partition coefficient (Wildman–Crippen LogP) is 3.23. The Morgan fingerprint density at radius 3 is 2.61 bits per heavy atom. The van der Waals surface area contributed by atoms with E-state index in [0.717, 1.165) is 41.4 Å². The fraction of sp³-hybridized carbons (Fsp3) is 0.519. The number of halogens is 1. The number of rotatable bonds is 11. The number of carbonyl (C=O) groups is 2. The second kappa shape index (κ2) is 12.2. The van der Waals surface area contributed by atoms with E-state index in [0.29, 0.717) is 23.1 Å². The summed E-state index contributed by atoms with van der Waals surface area (Å²) in [7, 11) is 0. The van der Waals surface area contributed by atoms with Gasteiger partial charge in [-0.2, -0.15) is 0 Å². The molecule has 2 aliphatic rings. The molecule has 0 spiro atoms. The van der Waals surface area contributed by atoms with Gasteiger partial charge < -0.3 is 14.8 Å². The van der Waals surface area contributed by atoms with E-state index in [1.54, 1.807) is 32.2 Å². The summed E-state index contributed by atoms with van der Waals surface area (Å²) in [5, 5.41) is 6.61. The Morgan fingerprint density at radius 1 is 1.24 bits per heavy atom. The van der Waals surface area contributed by atoms with E-state index in [9.17, 15) is 18.8 Å². The van der Waals surface area contributed by atoms with Crippen LogP contribution in [0.15, 0.2) is 35.4 Å². The second-order valence-corrected chi connectivity index (χ2v) is 9.93. The summed E-state index contributed by atoms with van der Waals surface area (Å²) >= 11 is 0. The number of pyridine rings is 2. The summed E-state index contributed by atoms with van der Waals surface area (Å²) in [5.41, 5.74) is 0.0486. The Bertz CT molecular complexity index is 1330. The van der Waals surface area contributed by atoms with Crippen molar-refractivity contribution in [2.75, 3.05) is 6.61 Å². The molecule has 5 rings (SSSR count). The average Bonchev–Trinajstić information content (AvgIpc) is 3.80. The minimum absolute atomic E-state index is 0.0518. The number of hydrogen-bond donors (Lipinski definition) is 1. The number of nitrogens with one attached hydrogen (secondary N) is 1. The first-order chi connectivity index (χ1) is 18.2. The van der Waals surface area contributed by atoms with Crippen molar-refractivity contribution in [3.8, 4) is 11.6 Å². The van der Waals surface area contributed by atoms with Crippen LogP contribution in [-0.2, 0) is 16.1 Å². The number of hydrogen-bond acceptors (Lipinski definition) is 7. The Balaban J connectivity index is 0.000000177. The smallest absolute Gasteiger partial charge is 0.350 e. The molecule has 0 aliphatic heterocycles. The van der Waals surface area contributed by atoms with E-state index >= 15 is 0 Å². The van der Waals surface area contributed by atoms with E-state index in [-0.39, 0.29) is 36.0 Å². The third kappa shape index (κ3) is 7.62. The molecule has 10 nitrogen and oxygen atoms in total. The number of ether oxygens (including phenoxy) is 2. The fourth-order valence-corrected chi connectivity index (χ4v) is 3.73. The molecule has 0 bridgehead atoms. The van der Waals surface area contributed by atoms with Crippen LogP contribution < -0.4 is 20.5 Å². The molecule has 2 aliphatic carbocycles. The quantitative estimate of drug-likeness (QED) is 0.407. The monoisotopic (exact) mass is 527 g/mol. The molecule has 204 valence electrons. The molecule has 3 aromatic heterocycles. The Morgan fingerprint density at radius 2 is 2.00 bits per heavy atom. The van der Waals surface area contributed by atoms with Crippen LogP contribution in [0.4, 0.5) is 4.39 Å². The molecule has 2 fully saturated rings. The van der Waals surface area contributed by atoms with Gasteiger partial charge in [-0.3, -0.25) is 9.59 Å². The van der Waals surface area contributed by atoms with Gasteiger partial charge in [0.05, 0.1) is 12.8 Å². The molecule has 1 atom stereocenters. The molecule has 11 heteroatoms. The van der Waals surface area contributed by atoms with Gasteiger partial charge in [0.2, 0.25) is 11.8 Å². The van der Waals surface area contributed by atoms with Crippen LogP contribution >= 0.6 is 0 Å². The molecular formula is C27H34FN5O5. The van der Waals surface area contributed by atoms with Crippen molar-refractivity contribution < 1.29 is 23.5 Å². The molecular weight excluding hydrogens is 493 g/mol. The largest absolute Gasteiger partial charge is 0.481 e. The summed E-state index contributed by atoms with van der Waals surface area (Å²) in [5.74, 6) is 1.16. The first-order valence-electron chi connectivity index (χ1n) is 13.0. The van der Waals surface area contributed by atoms with Crippen LogP contribution in [0.3, 0.4) is 0 Å². The highest BCUT2D eigenvalue weighted by Gasteiger charge is 2.24. The lowest BCUT2D eigenvalue weighted by atomic mass is 10.1. The molecule has 3 heterocycles. The van der Waals surface area contributed by atoms with Crippen LogP contribution in [0.1, 0.15) is 57.9 Å². The first-order valence-corrected chi connectivity index (χ1v) is 13.0. The third-order valence-electron chi connectivity index (χ3n) is 6.16. The summed E-state index contributed by atoms with van der Waals surface area (Å²) in [6, 6.07) is 5.12. The lowest BCUT2D eigenvalue weighted by Crippen LogP contribution is -2.33. The number of carbonyl (C=O) groups excluding carboxylic acids is 2. The molecule has 38 heavy (non-hydrogen) atoms. The van der Waals surface area contributed by atoms with Gasteiger partial charge in [-0.1, -0.05) is 13.3 Å². The topological polar surface area (TPSA) is 117 Å². The number of fused-ring (bicyclic) bond motifs is 1. The van der Waals surface area contributed by atoms with E-state index in [2.05, 4.69) is 15.4 Å². The minimum atomic E-state index is -0.571. The number of amides is 1. The maximum Gasteiger partial charge on any atom is 0.350 e. The molecule has 0 aromatic carbocycles. The first kappa shape index (κ1) is 27.3. The summed E-state index contributed by atoms with van der Waals surface area (Å²) < 4.78 is 27.0. The van der Waals surface area contributed by atoms with E-state index < -0.39 is 11.5 Å². The van der Waals surface area contributed by atoms with Gasteiger partial charge in [0, 0.05) is 18.3 Å². The predicted molar refractivity (Wildman–Crippen MR) is 138 cm³/mol. The summed E-state index contributed by atoms with van der Waals surface area (Å²) in [6.45, 7) is 5.84. The highest BCUT2D eigenvalue weighted by atomic mass is 19.1. The molecule has 1 N–H and O–H groups in total. The molecule has 0 unspecified atom stereocenters. The van der Waals surface area contributed by atoms with Gasteiger partial charge >= 0.3 is 5.69 Å². The maximum absolute atomic E-state index is 13.7. The lowest BCUT2D eigenvalue weighted by Gasteiger charge is -2.15. The molecule has 0 saturated heterocycles. The van der Waals surface area contributed by atoms with Gasteiger partial charge in [-0.15, -0.1) is 5.10 Å². The van der Waals surface area contributed by atoms with E-state index in [1.165, 1.54) is 25.1 Å². The molecule has 3 aromatic rings. The highest BCUT2D eigenvalue weighted by Crippen LogP contribution is 2.29. The van der Waals surface area contributed by atoms with Gasteiger partial charge in [-0.05, 0) is 69.6 Å². The van der Waals surface area contributed by atoms with Crippen molar-refractivity contribution in [3.05, 3.63) is 52.5 Å². The van der Waals surface area contributed by atoms with Crippen molar-refractivity contribution in [2.24, 2.45) is 5.92 Å². The van der Waals surface area contributed by atoms with Crippen molar-refractivity contribution >= 4 is 17.3 Å².